The Morgan fingerprint density at radius 3 is 2.35 bits per heavy atom. The maximum absolute atomic E-state index is 6.16. The van der Waals surface area contributed by atoms with Gasteiger partial charge < -0.3 is 5.73 Å². The van der Waals surface area contributed by atoms with Gasteiger partial charge in [0.05, 0.1) is 15.9 Å². The Labute approximate surface area is 128 Å². The number of aryl methyl sites for hydroxylation is 2. The van der Waals surface area contributed by atoms with Crippen LogP contribution in [0.4, 0.5) is 0 Å². The van der Waals surface area contributed by atoms with Crippen LogP contribution in [0.2, 0.25) is 0 Å². The van der Waals surface area contributed by atoms with Crippen LogP contribution in [0.25, 0.3) is 0 Å². The number of hydrogen-bond acceptors (Lipinski definition) is 2. The predicted octanol–water partition coefficient (Wildman–Crippen LogP) is 2.78. The number of hydrogen-bond donors (Lipinski definition) is 1. The van der Waals surface area contributed by atoms with E-state index in [-0.39, 0.29) is 5.41 Å². The van der Waals surface area contributed by atoms with Crippen molar-refractivity contribution >= 4 is 15.9 Å². The van der Waals surface area contributed by atoms with E-state index < -0.39 is 0 Å². The van der Waals surface area contributed by atoms with Crippen molar-refractivity contribution in [2.24, 2.45) is 18.2 Å². The molecule has 4 heteroatoms. The van der Waals surface area contributed by atoms with E-state index in [0.29, 0.717) is 6.54 Å². The molecule has 2 aromatic rings. The lowest BCUT2D eigenvalue weighted by Gasteiger charge is -2.27. The summed E-state index contributed by atoms with van der Waals surface area (Å²) in [4.78, 5) is 0. The van der Waals surface area contributed by atoms with E-state index in [1.807, 2.05) is 18.7 Å². The molecule has 0 atom stereocenters. The zero-order valence-corrected chi connectivity index (χ0v) is 13.6. The summed E-state index contributed by atoms with van der Waals surface area (Å²) in [6, 6.07) is 8.71. The molecule has 1 aromatic carbocycles. The molecule has 1 heterocycles. The van der Waals surface area contributed by atoms with Crippen LogP contribution in [0.3, 0.4) is 0 Å². The van der Waals surface area contributed by atoms with E-state index >= 15 is 0 Å². The lowest BCUT2D eigenvalue weighted by atomic mass is 9.80. The molecule has 0 aliphatic heterocycles. The van der Waals surface area contributed by atoms with Gasteiger partial charge in [0, 0.05) is 7.05 Å². The minimum absolute atomic E-state index is 0.131. The summed E-state index contributed by atoms with van der Waals surface area (Å²) in [6.45, 7) is 2.74. The predicted molar refractivity (Wildman–Crippen MR) is 84.7 cm³/mol. The van der Waals surface area contributed by atoms with E-state index in [2.05, 4.69) is 45.3 Å². The molecule has 0 saturated carbocycles. The highest BCUT2D eigenvalue weighted by Crippen LogP contribution is 2.40. The summed E-state index contributed by atoms with van der Waals surface area (Å²) in [7, 11) is 2.01. The molecule has 1 aromatic heterocycles. The van der Waals surface area contributed by atoms with Gasteiger partial charge >= 0.3 is 0 Å². The van der Waals surface area contributed by atoms with Gasteiger partial charge in [-0.15, -0.1) is 0 Å². The monoisotopic (exact) mass is 333 g/mol. The van der Waals surface area contributed by atoms with Gasteiger partial charge in [-0.2, -0.15) is 5.10 Å². The third kappa shape index (κ3) is 2.21. The molecular weight excluding hydrogens is 314 g/mol. The average molecular weight is 334 g/mol. The molecule has 3 rings (SSSR count). The summed E-state index contributed by atoms with van der Waals surface area (Å²) in [5, 5.41) is 4.50. The summed E-state index contributed by atoms with van der Waals surface area (Å²) >= 11 is 3.67. The van der Waals surface area contributed by atoms with Crippen LogP contribution in [0.15, 0.2) is 28.7 Å². The largest absolute Gasteiger partial charge is 0.330 e. The van der Waals surface area contributed by atoms with E-state index in [0.717, 1.165) is 29.4 Å². The Balaban J connectivity index is 1.93. The van der Waals surface area contributed by atoms with Crippen LogP contribution in [0.5, 0.6) is 0 Å². The fraction of sp³-hybridized carbons (Fsp3) is 0.438. The zero-order valence-electron chi connectivity index (χ0n) is 12.0. The number of fused-ring (bicyclic) bond motifs is 1. The summed E-state index contributed by atoms with van der Waals surface area (Å²) in [5.41, 5.74) is 11.5. The number of nitrogens with zero attached hydrogens (tertiary/aromatic N) is 2. The van der Waals surface area contributed by atoms with Crippen molar-refractivity contribution in [1.82, 2.24) is 9.78 Å². The standard InChI is InChI=1S/C16H20BrN3/c1-11-15(17)14(20(2)19-11)9-16(10-18)7-12-5-3-4-6-13(12)8-16/h3-6H,7-10,18H2,1-2H3. The average Bonchev–Trinajstić information content (AvgIpc) is 2.92. The Kier molecular flexibility index (Phi) is 3.46. The Morgan fingerprint density at radius 1 is 1.30 bits per heavy atom. The topological polar surface area (TPSA) is 43.8 Å². The van der Waals surface area contributed by atoms with Crippen LogP contribution in [0, 0.1) is 12.3 Å². The first kappa shape index (κ1) is 13.8. The number of benzene rings is 1. The van der Waals surface area contributed by atoms with Crippen molar-refractivity contribution in [3.63, 3.8) is 0 Å². The highest BCUT2D eigenvalue weighted by Gasteiger charge is 2.37. The molecule has 0 fully saturated rings. The maximum Gasteiger partial charge on any atom is 0.0738 e. The van der Waals surface area contributed by atoms with Gasteiger partial charge in [0.25, 0.3) is 0 Å². The molecule has 0 spiro atoms. The van der Waals surface area contributed by atoms with Crippen molar-refractivity contribution < 1.29 is 0 Å². The van der Waals surface area contributed by atoms with Gasteiger partial charge in [0.2, 0.25) is 0 Å². The molecule has 3 nitrogen and oxygen atoms in total. The smallest absolute Gasteiger partial charge is 0.0738 e. The van der Waals surface area contributed by atoms with Crippen LogP contribution in [-0.4, -0.2) is 16.3 Å². The minimum Gasteiger partial charge on any atom is -0.330 e. The van der Waals surface area contributed by atoms with Gasteiger partial charge in [0.15, 0.2) is 0 Å². The summed E-state index contributed by atoms with van der Waals surface area (Å²) < 4.78 is 3.11. The lowest BCUT2D eigenvalue weighted by molar-refractivity contribution is 0.306. The van der Waals surface area contributed by atoms with Crippen molar-refractivity contribution in [3.8, 4) is 0 Å². The maximum atomic E-state index is 6.16. The van der Waals surface area contributed by atoms with E-state index in [4.69, 9.17) is 5.73 Å². The summed E-state index contributed by atoms with van der Waals surface area (Å²) in [6.07, 6.45) is 3.10. The Morgan fingerprint density at radius 2 is 1.90 bits per heavy atom. The van der Waals surface area contributed by atoms with Crippen molar-refractivity contribution in [3.05, 3.63) is 51.3 Å². The van der Waals surface area contributed by atoms with Gasteiger partial charge in [-0.1, -0.05) is 24.3 Å². The number of nitrogens with two attached hydrogens (primary N) is 1. The number of halogens is 1. The molecule has 0 amide bonds. The third-order valence-electron chi connectivity index (χ3n) is 4.49. The molecule has 0 unspecified atom stereocenters. The molecule has 106 valence electrons. The first-order valence-corrected chi connectivity index (χ1v) is 7.79. The second kappa shape index (κ2) is 5.01. The van der Waals surface area contributed by atoms with Gasteiger partial charge in [-0.3, -0.25) is 4.68 Å². The first-order chi connectivity index (χ1) is 9.54. The molecule has 1 aliphatic carbocycles. The van der Waals surface area contributed by atoms with E-state index in [1.165, 1.54) is 16.8 Å². The van der Waals surface area contributed by atoms with Gasteiger partial charge in [-0.25, -0.2) is 0 Å². The molecular formula is C16H20BrN3. The molecule has 0 bridgehead atoms. The van der Waals surface area contributed by atoms with Gasteiger partial charge in [0.1, 0.15) is 0 Å². The van der Waals surface area contributed by atoms with E-state index in [1.54, 1.807) is 0 Å². The fourth-order valence-corrected chi connectivity index (χ4v) is 3.82. The van der Waals surface area contributed by atoms with Crippen LogP contribution in [0.1, 0.15) is 22.5 Å². The molecule has 20 heavy (non-hydrogen) atoms. The normalized spacial score (nSPS) is 16.4. The fourth-order valence-electron chi connectivity index (χ4n) is 3.34. The number of rotatable bonds is 3. The molecule has 1 aliphatic rings. The van der Waals surface area contributed by atoms with Gasteiger partial charge in [-0.05, 0) is 65.2 Å². The second-order valence-electron chi connectivity index (χ2n) is 5.97. The van der Waals surface area contributed by atoms with Crippen LogP contribution in [-0.2, 0) is 26.3 Å². The Bertz CT molecular complexity index is 620. The van der Waals surface area contributed by atoms with Crippen LogP contribution < -0.4 is 5.73 Å². The SMILES string of the molecule is Cc1nn(C)c(CC2(CN)Cc3ccccc3C2)c1Br. The number of aromatic nitrogens is 2. The first-order valence-electron chi connectivity index (χ1n) is 6.99. The van der Waals surface area contributed by atoms with Crippen molar-refractivity contribution in [2.45, 2.75) is 26.2 Å². The van der Waals surface area contributed by atoms with Crippen molar-refractivity contribution in [2.75, 3.05) is 6.54 Å². The highest BCUT2D eigenvalue weighted by molar-refractivity contribution is 9.10. The molecule has 0 saturated heterocycles. The molecule has 2 N–H and O–H groups in total. The minimum atomic E-state index is 0.131. The molecule has 0 radical (unpaired) electrons. The lowest BCUT2D eigenvalue weighted by Crippen LogP contribution is -2.34. The summed E-state index contributed by atoms with van der Waals surface area (Å²) in [5.74, 6) is 0. The van der Waals surface area contributed by atoms with E-state index in [9.17, 15) is 0 Å². The quantitative estimate of drug-likeness (QED) is 0.938. The highest BCUT2D eigenvalue weighted by atomic mass is 79.9. The third-order valence-corrected chi connectivity index (χ3v) is 5.52. The zero-order chi connectivity index (χ0) is 14.3. The van der Waals surface area contributed by atoms with Crippen LogP contribution >= 0.6 is 15.9 Å². The second-order valence-corrected chi connectivity index (χ2v) is 6.77. The van der Waals surface area contributed by atoms with Crippen molar-refractivity contribution in [1.29, 1.82) is 0 Å². The Hall–Kier alpha value is -1.13.